The average Bonchev–Trinajstić information content (AvgIpc) is 2.91. The molecule has 0 spiro atoms. The number of carbonyl (C=O) groups is 1. The number of aromatic amines is 1. The van der Waals surface area contributed by atoms with Gasteiger partial charge in [-0.3, -0.25) is 0 Å². The number of benzene rings is 2. The molecule has 3 N–H and O–H groups in total. The molecule has 0 aliphatic heterocycles. The van der Waals surface area contributed by atoms with Crippen LogP contribution in [0.25, 0.3) is 10.9 Å². The maximum Gasteiger partial charge on any atom is 0.326 e. The van der Waals surface area contributed by atoms with Gasteiger partial charge in [-0.2, -0.15) is 0 Å². The molecule has 0 aliphatic carbocycles. The number of para-hydroxylation sites is 1. The van der Waals surface area contributed by atoms with Gasteiger partial charge in [0.2, 0.25) is 0 Å². The van der Waals surface area contributed by atoms with E-state index in [1.165, 1.54) is 0 Å². The second-order valence-electron chi connectivity index (χ2n) is 4.97. The lowest BCUT2D eigenvalue weighted by atomic mass is 10.1. The molecular weight excluding hydrogens is 264 g/mol. The van der Waals surface area contributed by atoms with Crippen LogP contribution in [0.15, 0.2) is 60.8 Å². The van der Waals surface area contributed by atoms with Crippen molar-refractivity contribution in [3.63, 3.8) is 0 Å². The Morgan fingerprint density at radius 3 is 2.57 bits per heavy atom. The number of carboxylic acids is 1. The van der Waals surface area contributed by atoms with Crippen LogP contribution in [0.1, 0.15) is 5.56 Å². The Balaban J connectivity index is 1.84. The number of nitrogens with one attached hydrogen (secondary N) is 2. The van der Waals surface area contributed by atoms with E-state index in [1.54, 1.807) is 0 Å². The molecule has 2 aromatic carbocycles. The summed E-state index contributed by atoms with van der Waals surface area (Å²) < 4.78 is 0. The maximum absolute atomic E-state index is 11.5. The predicted molar refractivity (Wildman–Crippen MR) is 83.5 cm³/mol. The van der Waals surface area contributed by atoms with Gasteiger partial charge < -0.3 is 15.4 Å². The van der Waals surface area contributed by atoms with Crippen molar-refractivity contribution in [2.75, 3.05) is 5.32 Å². The van der Waals surface area contributed by atoms with Crippen LogP contribution >= 0.6 is 0 Å². The van der Waals surface area contributed by atoms with Gasteiger partial charge in [-0.15, -0.1) is 0 Å². The molecule has 4 heteroatoms. The van der Waals surface area contributed by atoms with Gasteiger partial charge in [0.05, 0.1) is 5.69 Å². The first-order valence-corrected chi connectivity index (χ1v) is 6.83. The van der Waals surface area contributed by atoms with Crippen molar-refractivity contribution in [2.45, 2.75) is 12.5 Å². The highest BCUT2D eigenvalue weighted by atomic mass is 16.4. The Morgan fingerprint density at radius 2 is 1.81 bits per heavy atom. The van der Waals surface area contributed by atoms with Crippen LogP contribution in [0.5, 0.6) is 0 Å². The molecule has 0 saturated heterocycles. The van der Waals surface area contributed by atoms with E-state index in [1.807, 2.05) is 60.8 Å². The molecule has 4 nitrogen and oxygen atoms in total. The van der Waals surface area contributed by atoms with Crippen LogP contribution in [0.3, 0.4) is 0 Å². The summed E-state index contributed by atoms with van der Waals surface area (Å²) in [6, 6.07) is 16.8. The monoisotopic (exact) mass is 280 g/mol. The minimum atomic E-state index is -0.857. The summed E-state index contributed by atoms with van der Waals surface area (Å²) >= 11 is 0. The molecule has 0 amide bonds. The molecule has 0 bridgehead atoms. The number of aromatic nitrogens is 1. The van der Waals surface area contributed by atoms with Crippen LogP contribution in [0.2, 0.25) is 0 Å². The minimum absolute atomic E-state index is 0.440. The standard InChI is InChI=1S/C17H16N2O2/c20-17(21)15(10-12-6-2-1-3-7-12)19-16-11-18-14-9-5-4-8-13(14)16/h1-9,11,15,18-19H,10H2,(H,20,21). The van der Waals surface area contributed by atoms with Crippen molar-refractivity contribution in [2.24, 2.45) is 0 Å². The van der Waals surface area contributed by atoms with Gasteiger partial charge in [-0.05, 0) is 11.6 Å². The number of aliphatic carboxylic acids is 1. The van der Waals surface area contributed by atoms with Gasteiger partial charge in [-0.25, -0.2) is 4.79 Å². The van der Waals surface area contributed by atoms with Crippen LogP contribution in [-0.4, -0.2) is 22.1 Å². The zero-order valence-electron chi connectivity index (χ0n) is 11.4. The lowest BCUT2D eigenvalue weighted by Gasteiger charge is -2.15. The number of fused-ring (bicyclic) bond motifs is 1. The maximum atomic E-state index is 11.5. The van der Waals surface area contributed by atoms with E-state index in [2.05, 4.69) is 10.3 Å². The fourth-order valence-electron chi connectivity index (χ4n) is 2.43. The summed E-state index contributed by atoms with van der Waals surface area (Å²) in [4.78, 5) is 14.6. The van der Waals surface area contributed by atoms with Crippen molar-refractivity contribution in [3.05, 3.63) is 66.4 Å². The molecule has 3 aromatic rings. The van der Waals surface area contributed by atoms with E-state index in [9.17, 15) is 9.90 Å². The quantitative estimate of drug-likeness (QED) is 0.672. The van der Waals surface area contributed by atoms with E-state index in [0.717, 1.165) is 22.2 Å². The average molecular weight is 280 g/mol. The van der Waals surface area contributed by atoms with Gasteiger partial charge in [0.1, 0.15) is 6.04 Å². The Labute approximate surface area is 122 Å². The Hall–Kier alpha value is -2.75. The predicted octanol–water partition coefficient (Wildman–Crippen LogP) is 3.28. The SMILES string of the molecule is O=C(O)C(Cc1ccccc1)Nc1c[nH]c2ccccc12. The van der Waals surface area contributed by atoms with E-state index in [4.69, 9.17) is 0 Å². The number of carboxylic acid groups (broad SMARTS) is 1. The molecule has 0 aliphatic rings. The lowest BCUT2D eigenvalue weighted by molar-refractivity contribution is -0.137. The molecule has 1 atom stereocenters. The third kappa shape index (κ3) is 2.89. The first-order valence-electron chi connectivity index (χ1n) is 6.83. The van der Waals surface area contributed by atoms with Crippen molar-refractivity contribution in [1.29, 1.82) is 0 Å². The molecular formula is C17H16N2O2. The number of anilines is 1. The van der Waals surface area contributed by atoms with Crippen molar-refractivity contribution >= 4 is 22.6 Å². The molecule has 1 unspecified atom stereocenters. The number of hydrogen-bond acceptors (Lipinski definition) is 2. The topological polar surface area (TPSA) is 65.1 Å². The summed E-state index contributed by atoms with van der Waals surface area (Å²) in [5.41, 5.74) is 2.80. The van der Waals surface area contributed by atoms with Crippen LogP contribution in [0, 0.1) is 0 Å². The van der Waals surface area contributed by atoms with Gasteiger partial charge in [0, 0.05) is 23.5 Å². The largest absolute Gasteiger partial charge is 0.480 e. The third-order valence-corrected chi connectivity index (χ3v) is 3.50. The Morgan fingerprint density at radius 1 is 1.10 bits per heavy atom. The van der Waals surface area contributed by atoms with Gasteiger partial charge in [-0.1, -0.05) is 48.5 Å². The normalized spacial score (nSPS) is 12.2. The zero-order chi connectivity index (χ0) is 14.7. The second kappa shape index (κ2) is 5.71. The smallest absolute Gasteiger partial charge is 0.326 e. The highest BCUT2D eigenvalue weighted by Gasteiger charge is 2.19. The molecule has 0 fully saturated rings. The van der Waals surface area contributed by atoms with E-state index in [-0.39, 0.29) is 0 Å². The lowest BCUT2D eigenvalue weighted by Crippen LogP contribution is -2.31. The molecule has 21 heavy (non-hydrogen) atoms. The van der Waals surface area contributed by atoms with Crippen LogP contribution in [-0.2, 0) is 11.2 Å². The Kier molecular flexibility index (Phi) is 3.60. The molecule has 106 valence electrons. The van der Waals surface area contributed by atoms with Gasteiger partial charge in [0.25, 0.3) is 0 Å². The molecule has 3 rings (SSSR count). The highest BCUT2D eigenvalue weighted by Crippen LogP contribution is 2.23. The number of rotatable bonds is 5. The Bertz CT molecular complexity index is 750. The summed E-state index contributed by atoms with van der Waals surface area (Å²) in [5, 5.41) is 13.5. The summed E-state index contributed by atoms with van der Waals surface area (Å²) in [7, 11) is 0. The van der Waals surface area contributed by atoms with Gasteiger partial charge >= 0.3 is 5.97 Å². The van der Waals surface area contributed by atoms with Crippen molar-refractivity contribution in [3.8, 4) is 0 Å². The summed E-state index contributed by atoms with van der Waals surface area (Å²) in [6.07, 6.45) is 2.25. The number of hydrogen-bond donors (Lipinski definition) is 3. The fourth-order valence-corrected chi connectivity index (χ4v) is 2.43. The minimum Gasteiger partial charge on any atom is -0.480 e. The number of H-pyrrole nitrogens is 1. The van der Waals surface area contributed by atoms with Crippen LogP contribution < -0.4 is 5.32 Å². The highest BCUT2D eigenvalue weighted by molar-refractivity contribution is 5.94. The van der Waals surface area contributed by atoms with Crippen LogP contribution in [0.4, 0.5) is 5.69 Å². The first-order chi connectivity index (χ1) is 10.2. The summed E-state index contributed by atoms with van der Waals surface area (Å²) in [6.45, 7) is 0. The van der Waals surface area contributed by atoms with E-state index < -0.39 is 12.0 Å². The van der Waals surface area contributed by atoms with Gasteiger partial charge in [0.15, 0.2) is 0 Å². The zero-order valence-corrected chi connectivity index (χ0v) is 11.4. The molecule has 1 heterocycles. The van der Waals surface area contributed by atoms with Crippen molar-refractivity contribution < 1.29 is 9.90 Å². The molecule has 0 saturated carbocycles. The fraction of sp³-hybridized carbons (Fsp3) is 0.118. The molecule has 1 aromatic heterocycles. The second-order valence-corrected chi connectivity index (χ2v) is 4.97. The molecule has 0 radical (unpaired) electrons. The summed E-state index contributed by atoms with van der Waals surface area (Å²) in [5.74, 6) is -0.857. The van der Waals surface area contributed by atoms with E-state index in [0.29, 0.717) is 6.42 Å². The first kappa shape index (κ1) is 13.2. The third-order valence-electron chi connectivity index (χ3n) is 3.50. The van der Waals surface area contributed by atoms with Crippen molar-refractivity contribution in [1.82, 2.24) is 4.98 Å². The van der Waals surface area contributed by atoms with E-state index >= 15 is 0 Å².